The van der Waals surface area contributed by atoms with Gasteiger partial charge in [-0.25, -0.2) is 4.79 Å². The summed E-state index contributed by atoms with van der Waals surface area (Å²) >= 11 is 0. The lowest BCUT2D eigenvalue weighted by Crippen LogP contribution is -2.37. The summed E-state index contributed by atoms with van der Waals surface area (Å²) in [5.41, 5.74) is 3.47. The Morgan fingerprint density at radius 2 is 2.04 bits per heavy atom. The standard InChI is InChI=1S/C19H21NO3/c1-14-11-16(7-8-17(14)19(21)22)18-13-20(9-10-23-18)12-15-5-3-2-4-6-15/h2-8,11,18H,9-10,12-13H2,1H3,(H,21,22). The minimum atomic E-state index is -0.885. The van der Waals surface area contributed by atoms with Gasteiger partial charge >= 0.3 is 5.97 Å². The van der Waals surface area contributed by atoms with E-state index in [0.29, 0.717) is 12.2 Å². The average Bonchev–Trinajstić information content (AvgIpc) is 2.55. The molecule has 4 nitrogen and oxygen atoms in total. The highest BCUT2D eigenvalue weighted by Crippen LogP contribution is 2.25. The molecule has 1 aliphatic heterocycles. The molecular weight excluding hydrogens is 290 g/mol. The molecule has 0 aromatic heterocycles. The van der Waals surface area contributed by atoms with Gasteiger partial charge in [0, 0.05) is 19.6 Å². The lowest BCUT2D eigenvalue weighted by Gasteiger charge is -2.33. The van der Waals surface area contributed by atoms with Crippen LogP contribution in [0.5, 0.6) is 0 Å². The van der Waals surface area contributed by atoms with E-state index in [0.717, 1.165) is 30.8 Å². The summed E-state index contributed by atoms with van der Waals surface area (Å²) < 4.78 is 5.90. The zero-order valence-corrected chi connectivity index (χ0v) is 13.2. The minimum absolute atomic E-state index is 0.00555. The molecule has 2 aromatic carbocycles. The lowest BCUT2D eigenvalue weighted by atomic mass is 10.0. The molecule has 0 amide bonds. The van der Waals surface area contributed by atoms with Crippen molar-refractivity contribution >= 4 is 5.97 Å². The van der Waals surface area contributed by atoms with Gasteiger partial charge in [-0.3, -0.25) is 4.90 Å². The van der Waals surface area contributed by atoms with Gasteiger partial charge in [0.2, 0.25) is 0 Å². The van der Waals surface area contributed by atoms with Crippen molar-refractivity contribution in [2.75, 3.05) is 19.7 Å². The topological polar surface area (TPSA) is 49.8 Å². The first-order valence-electron chi connectivity index (χ1n) is 7.85. The minimum Gasteiger partial charge on any atom is -0.478 e. The van der Waals surface area contributed by atoms with Crippen LogP contribution in [0.3, 0.4) is 0 Å². The number of aryl methyl sites for hydroxylation is 1. The first-order chi connectivity index (χ1) is 11.1. The molecule has 1 heterocycles. The van der Waals surface area contributed by atoms with Crippen LogP contribution in [0.15, 0.2) is 48.5 Å². The average molecular weight is 311 g/mol. The number of rotatable bonds is 4. The molecule has 1 unspecified atom stereocenters. The Morgan fingerprint density at radius 1 is 1.26 bits per heavy atom. The van der Waals surface area contributed by atoms with Gasteiger partial charge in [0.05, 0.1) is 18.3 Å². The molecule has 0 radical (unpaired) electrons. The Kier molecular flexibility index (Phi) is 4.74. The normalized spacial score (nSPS) is 18.7. The van der Waals surface area contributed by atoms with Crippen molar-refractivity contribution in [2.45, 2.75) is 19.6 Å². The van der Waals surface area contributed by atoms with Gasteiger partial charge < -0.3 is 9.84 Å². The number of carboxylic acids is 1. The van der Waals surface area contributed by atoms with E-state index in [2.05, 4.69) is 29.2 Å². The van der Waals surface area contributed by atoms with Gasteiger partial charge in [-0.05, 0) is 29.7 Å². The Bertz CT molecular complexity index is 684. The van der Waals surface area contributed by atoms with Crippen molar-refractivity contribution in [1.82, 2.24) is 4.90 Å². The maximum Gasteiger partial charge on any atom is 0.335 e. The van der Waals surface area contributed by atoms with Gasteiger partial charge in [-0.1, -0.05) is 42.5 Å². The van der Waals surface area contributed by atoms with Gasteiger partial charge in [-0.2, -0.15) is 0 Å². The SMILES string of the molecule is Cc1cc(C2CN(Cc3ccccc3)CCO2)ccc1C(=O)O. The Morgan fingerprint density at radius 3 is 2.74 bits per heavy atom. The predicted molar refractivity (Wildman–Crippen MR) is 88.6 cm³/mol. The summed E-state index contributed by atoms with van der Waals surface area (Å²) in [6, 6.07) is 15.9. The zero-order chi connectivity index (χ0) is 16.2. The van der Waals surface area contributed by atoms with Crippen LogP contribution in [0.2, 0.25) is 0 Å². The van der Waals surface area contributed by atoms with E-state index in [1.54, 1.807) is 6.07 Å². The van der Waals surface area contributed by atoms with Crippen LogP contribution in [0.25, 0.3) is 0 Å². The number of hydrogen-bond acceptors (Lipinski definition) is 3. The molecule has 4 heteroatoms. The largest absolute Gasteiger partial charge is 0.478 e. The molecular formula is C19H21NO3. The fourth-order valence-electron chi connectivity index (χ4n) is 3.02. The second-order valence-corrected chi connectivity index (χ2v) is 5.96. The maximum absolute atomic E-state index is 11.1. The van der Waals surface area contributed by atoms with E-state index in [1.165, 1.54) is 5.56 Å². The zero-order valence-electron chi connectivity index (χ0n) is 13.2. The fraction of sp³-hybridized carbons (Fsp3) is 0.316. The van der Waals surface area contributed by atoms with E-state index in [1.807, 2.05) is 25.1 Å². The van der Waals surface area contributed by atoms with E-state index in [-0.39, 0.29) is 6.10 Å². The summed E-state index contributed by atoms with van der Waals surface area (Å²) in [6.45, 7) is 5.17. The lowest BCUT2D eigenvalue weighted by molar-refractivity contribution is -0.0329. The molecule has 1 fully saturated rings. The summed E-state index contributed by atoms with van der Waals surface area (Å²) in [5.74, 6) is -0.885. The summed E-state index contributed by atoms with van der Waals surface area (Å²) in [4.78, 5) is 13.5. The quantitative estimate of drug-likeness (QED) is 0.941. The highest BCUT2D eigenvalue weighted by Gasteiger charge is 2.22. The van der Waals surface area contributed by atoms with Crippen molar-refractivity contribution in [2.24, 2.45) is 0 Å². The van der Waals surface area contributed by atoms with Gasteiger partial charge in [-0.15, -0.1) is 0 Å². The van der Waals surface area contributed by atoms with Crippen LogP contribution in [0.1, 0.15) is 33.2 Å². The number of hydrogen-bond donors (Lipinski definition) is 1. The van der Waals surface area contributed by atoms with Crippen LogP contribution in [0, 0.1) is 6.92 Å². The van der Waals surface area contributed by atoms with Crippen LogP contribution < -0.4 is 0 Å². The number of nitrogens with zero attached hydrogens (tertiary/aromatic N) is 1. The second kappa shape index (κ2) is 6.94. The summed E-state index contributed by atoms with van der Waals surface area (Å²) in [5, 5.41) is 9.13. The second-order valence-electron chi connectivity index (χ2n) is 5.96. The molecule has 0 spiro atoms. The van der Waals surface area contributed by atoms with Crippen molar-refractivity contribution in [3.05, 3.63) is 70.8 Å². The van der Waals surface area contributed by atoms with Gasteiger partial charge in [0.1, 0.15) is 0 Å². The van der Waals surface area contributed by atoms with Crippen molar-refractivity contribution in [1.29, 1.82) is 0 Å². The highest BCUT2D eigenvalue weighted by molar-refractivity contribution is 5.89. The predicted octanol–water partition coefficient (Wildman–Crippen LogP) is 3.27. The smallest absolute Gasteiger partial charge is 0.335 e. The molecule has 1 N–H and O–H groups in total. The molecule has 0 saturated carbocycles. The number of carbonyl (C=O) groups is 1. The first-order valence-corrected chi connectivity index (χ1v) is 7.85. The Balaban J connectivity index is 1.71. The van der Waals surface area contributed by atoms with Crippen LogP contribution >= 0.6 is 0 Å². The Labute approximate surface area is 136 Å². The fourth-order valence-corrected chi connectivity index (χ4v) is 3.02. The van der Waals surface area contributed by atoms with E-state index < -0.39 is 5.97 Å². The number of morpholine rings is 1. The molecule has 0 bridgehead atoms. The summed E-state index contributed by atoms with van der Waals surface area (Å²) in [7, 11) is 0. The van der Waals surface area contributed by atoms with Crippen LogP contribution in [-0.2, 0) is 11.3 Å². The number of benzene rings is 2. The van der Waals surface area contributed by atoms with Crippen LogP contribution in [-0.4, -0.2) is 35.7 Å². The number of ether oxygens (including phenoxy) is 1. The highest BCUT2D eigenvalue weighted by atomic mass is 16.5. The van der Waals surface area contributed by atoms with Crippen molar-refractivity contribution < 1.29 is 14.6 Å². The summed E-state index contributed by atoms with van der Waals surface area (Å²) in [6.07, 6.45) is -0.00555. The van der Waals surface area contributed by atoms with E-state index in [4.69, 9.17) is 9.84 Å². The monoisotopic (exact) mass is 311 g/mol. The van der Waals surface area contributed by atoms with E-state index >= 15 is 0 Å². The first kappa shape index (κ1) is 15.7. The third-order valence-electron chi connectivity index (χ3n) is 4.25. The van der Waals surface area contributed by atoms with Gasteiger partial charge in [0.15, 0.2) is 0 Å². The molecule has 1 saturated heterocycles. The van der Waals surface area contributed by atoms with E-state index in [9.17, 15) is 4.79 Å². The maximum atomic E-state index is 11.1. The number of carboxylic acid groups (broad SMARTS) is 1. The molecule has 3 rings (SSSR count). The molecule has 120 valence electrons. The van der Waals surface area contributed by atoms with Crippen molar-refractivity contribution in [3.63, 3.8) is 0 Å². The molecule has 1 aliphatic rings. The van der Waals surface area contributed by atoms with Crippen LogP contribution in [0.4, 0.5) is 0 Å². The third kappa shape index (κ3) is 3.78. The molecule has 2 aromatic rings. The van der Waals surface area contributed by atoms with Gasteiger partial charge in [0.25, 0.3) is 0 Å². The number of aromatic carboxylic acids is 1. The third-order valence-corrected chi connectivity index (χ3v) is 4.25. The molecule has 0 aliphatic carbocycles. The Hall–Kier alpha value is -2.17. The molecule has 1 atom stereocenters. The molecule has 23 heavy (non-hydrogen) atoms. The van der Waals surface area contributed by atoms with Crippen molar-refractivity contribution in [3.8, 4) is 0 Å².